The fraction of sp³-hybridized carbons (Fsp3) is 0.200. The zero-order valence-corrected chi connectivity index (χ0v) is 10.9. The van der Waals surface area contributed by atoms with Gasteiger partial charge in [0.15, 0.2) is 0 Å². The van der Waals surface area contributed by atoms with Gasteiger partial charge < -0.3 is 5.32 Å². The van der Waals surface area contributed by atoms with Crippen LogP contribution in [-0.2, 0) is 6.42 Å². The third kappa shape index (κ3) is 3.01. The standard InChI is InChI=1S/C15H16ClN/c1-3-12-4-7-14(8-5-12)17-15-9-6-13(16)10-11(15)2/h4-10,17H,3H2,1-2H3. The summed E-state index contributed by atoms with van der Waals surface area (Å²) in [6.07, 6.45) is 1.07. The second-order valence-corrected chi connectivity index (χ2v) is 4.57. The smallest absolute Gasteiger partial charge is 0.0414 e. The predicted molar refractivity (Wildman–Crippen MR) is 75.3 cm³/mol. The van der Waals surface area contributed by atoms with Crippen LogP contribution in [0.1, 0.15) is 18.1 Å². The summed E-state index contributed by atoms with van der Waals surface area (Å²) in [6, 6.07) is 14.4. The lowest BCUT2D eigenvalue weighted by molar-refractivity contribution is 1.14. The molecule has 0 bridgehead atoms. The first kappa shape index (κ1) is 12.0. The number of nitrogens with one attached hydrogen (secondary N) is 1. The number of hydrogen-bond donors (Lipinski definition) is 1. The molecule has 0 fully saturated rings. The zero-order chi connectivity index (χ0) is 12.3. The topological polar surface area (TPSA) is 12.0 Å². The predicted octanol–water partition coefficient (Wildman–Crippen LogP) is 4.95. The van der Waals surface area contributed by atoms with Crippen LogP contribution in [0.2, 0.25) is 5.02 Å². The van der Waals surface area contributed by atoms with Gasteiger partial charge in [-0.05, 0) is 54.8 Å². The summed E-state index contributed by atoms with van der Waals surface area (Å²) in [5.74, 6) is 0. The van der Waals surface area contributed by atoms with E-state index < -0.39 is 0 Å². The molecule has 0 radical (unpaired) electrons. The highest BCUT2D eigenvalue weighted by atomic mass is 35.5. The molecule has 0 unspecified atom stereocenters. The minimum Gasteiger partial charge on any atom is -0.355 e. The minimum atomic E-state index is 0.773. The van der Waals surface area contributed by atoms with Crippen LogP contribution in [-0.4, -0.2) is 0 Å². The van der Waals surface area contributed by atoms with E-state index in [-0.39, 0.29) is 0 Å². The fourth-order valence-electron chi connectivity index (χ4n) is 1.75. The average molecular weight is 246 g/mol. The van der Waals surface area contributed by atoms with Gasteiger partial charge in [0, 0.05) is 16.4 Å². The minimum absolute atomic E-state index is 0.773. The number of halogens is 1. The number of anilines is 2. The van der Waals surface area contributed by atoms with Crippen LogP contribution in [0.3, 0.4) is 0 Å². The molecule has 1 N–H and O–H groups in total. The van der Waals surface area contributed by atoms with E-state index in [2.05, 4.69) is 43.4 Å². The van der Waals surface area contributed by atoms with Gasteiger partial charge in [0.05, 0.1) is 0 Å². The molecule has 0 spiro atoms. The van der Waals surface area contributed by atoms with Gasteiger partial charge in [-0.1, -0.05) is 30.7 Å². The summed E-state index contributed by atoms with van der Waals surface area (Å²) in [5.41, 5.74) is 4.70. The molecule has 0 heterocycles. The molecular weight excluding hydrogens is 230 g/mol. The molecule has 0 saturated heterocycles. The maximum absolute atomic E-state index is 5.93. The lowest BCUT2D eigenvalue weighted by Gasteiger charge is -2.10. The van der Waals surface area contributed by atoms with E-state index in [1.165, 1.54) is 5.56 Å². The largest absolute Gasteiger partial charge is 0.355 e. The van der Waals surface area contributed by atoms with Gasteiger partial charge in [0.2, 0.25) is 0 Å². The molecule has 2 aromatic rings. The summed E-state index contributed by atoms with van der Waals surface area (Å²) in [6.45, 7) is 4.21. The van der Waals surface area contributed by atoms with Crippen molar-refractivity contribution >= 4 is 23.0 Å². The Balaban J connectivity index is 2.19. The van der Waals surface area contributed by atoms with Crippen LogP contribution < -0.4 is 5.32 Å². The lowest BCUT2D eigenvalue weighted by Crippen LogP contribution is -1.93. The number of benzene rings is 2. The molecule has 17 heavy (non-hydrogen) atoms. The molecule has 0 aromatic heterocycles. The SMILES string of the molecule is CCc1ccc(Nc2ccc(Cl)cc2C)cc1. The summed E-state index contributed by atoms with van der Waals surface area (Å²) in [4.78, 5) is 0. The van der Waals surface area contributed by atoms with Crippen molar-refractivity contribution in [1.29, 1.82) is 0 Å². The van der Waals surface area contributed by atoms with Crippen molar-refractivity contribution in [2.75, 3.05) is 5.32 Å². The molecule has 1 nitrogen and oxygen atoms in total. The monoisotopic (exact) mass is 245 g/mol. The molecule has 0 amide bonds. The lowest BCUT2D eigenvalue weighted by atomic mass is 10.1. The van der Waals surface area contributed by atoms with E-state index in [4.69, 9.17) is 11.6 Å². The van der Waals surface area contributed by atoms with E-state index in [0.29, 0.717) is 0 Å². The van der Waals surface area contributed by atoms with Crippen LogP contribution in [0.4, 0.5) is 11.4 Å². The molecule has 0 aliphatic heterocycles. The van der Waals surface area contributed by atoms with Gasteiger partial charge in [-0.15, -0.1) is 0 Å². The van der Waals surface area contributed by atoms with Gasteiger partial charge in [0.25, 0.3) is 0 Å². The van der Waals surface area contributed by atoms with Crippen LogP contribution in [0.25, 0.3) is 0 Å². The molecule has 0 saturated carbocycles. The molecule has 2 aromatic carbocycles. The van der Waals surface area contributed by atoms with Crippen molar-refractivity contribution in [1.82, 2.24) is 0 Å². The average Bonchev–Trinajstić information content (AvgIpc) is 2.34. The van der Waals surface area contributed by atoms with Crippen molar-refractivity contribution < 1.29 is 0 Å². The van der Waals surface area contributed by atoms with E-state index in [0.717, 1.165) is 28.4 Å². The second-order valence-electron chi connectivity index (χ2n) is 4.13. The first-order valence-electron chi connectivity index (χ1n) is 5.81. The molecule has 0 aliphatic carbocycles. The Morgan fingerprint density at radius 2 is 1.76 bits per heavy atom. The van der Waals surface area contributed by atoms with E-state index in [1.807, 2.05) is 18.2 Å². The Hall–Kier alpha value is -1.47. The van der Waals surface area contributed by atoms with Crippen LogP contribution in [0, 0.1) is 6.92 Å². The Morgan fingerprint density at radius 3 is 2.35 bits per heavy atom. The van der Waals surface area contributed by atoms with Gasteiger partial charge >= 0.3 is 0 Å². The quantitative estimate of drug-likeness (QED) is 0.806. The van der Waals surface area contributed by atoms with Crippen molar-refractivity contribution in [2.45, 2.75) is 20.3 Å². The normalized spacial score (nSPS) is 10.3. The number of aryl methyl sites for hydroxylation is 2. The summed E-state index contributed by atoms with van der Waals surface area (Å²) >= 11 is 5.93. The Kier molecular flexibility index (Phi) is 3.70. The Morgan fingerprint density at radius 1 is 1.06 bits per heavy atom. The second kappa shape index (κ2) is 5.24. The van der Waals surface area contributed by atoms with Crippen molar-refractivity contribution in [3.8, 4) is 0 Å². The Bertz CT molecular complexity index is 503. The molecular formula is C15H16ClN. The maximum Gasteiger partial charge on any atom is 0.0414 e. The van der Waals surface area contributed by atoms with Crippen LogP contribution in [0.15, 0.2) is 42.5 Å². The van der Waals surface area contributed by atoms with E-state index >= 15 is 0 Å². The summed E-state index contributed by atoms with van der Waals surface area (Å²) in [5, 5.41) is 4.16. The van der Waals surface area contributed by atoms with Crippen LogP contribution in [0.5, 0.6) is 0 Å². The number of hydrogen-bond acceptors (Lipinski definition) is 1. The summed E-state index contributed by atoms with van der Waals surface area (Å²) < 4.78 is 0. The molecule has 0 aliphatic rings. The van der Waals surface area contributed by atoms with Crippen LogP contribution >= 0.6 is 11.6 Å². The highest BCUT2D eigenvalue weighted by molar-refractivity contribution is 6.30. The maximum atomic E-state index is 5.93. The zero-order valence-electron chi connectivity index (χ0n) is 10.1. The first-order valence-corrected chi connectivity index (χ1v) is 6.19. The molecule has 0 atom stereocenters. The van der Waals surface area contributed by atoms with Crippen molar-refractivity contribution in [3.05, 3.63) is 58.6 Å². The van der Waals surface area contributed by atoms with Gasteiger partial charge in [-0.2, -0.15) is 0 Å². The highest BCUT2D eigenvalue weighted by Crippen LogP contribution is 2.23. The number of rotatable bonds is 3. The third-order valence-electron chi connectivity index (χ3n) is 2.83. The van der Waals surface area contributed by atoms with Crippen molar-refractivity contribution in [3.63, 3.8) is 0 Å². The third-order valence-corrected chi connectivity index (χ3v) is 3.06. The van der Waals surface area contributed by atoms with Gasteiger partial charge in [0.1, 0.15) is 0 Å². The first-order chi connectivity index (χ1) is 8.19. The highest BCUT2D eigenvalue weighted by Gasteiger charge is 1.99. The van der Waals surface area contributed by atoms with E-state index in [9.17, 15) is 0 Å². The molecule has 2 heteroatoms. The van der Waals surface area contributed by atoms with Gasteiger partial charge in [-0.25, -0.2) is 0 Å². The fourth-order valence-corrected chi connectivity index (χ4v) is 1.97. The Labute approximate surface area is 107 Å². The van der Waals surface area contributed by atoms with Gasteiger partial charge in [-0.3, -0.25) is 0 Å². The summed E-state index contributed by atoms with van der Waals surface area (Å²) in [7, 11) is 0. The molecule has 2 rings (SSSR count). The van der Waals surface area contributed by atoms with E-state index in [1.54, 1.807) is 0 Å². The molecule has 88 valence electrons. The van der Waals surface area contributed by atoms with Crippen molar-refractivity contribution in [2.24, 2.45) is 0 Å².